The van der Waals surface area contributed by atoms with Gasteiger partial charge in [0.25, 0.3) is 0 Å². The van der Waals surface area contributed by atoms with Gasteiger partial charge >= 0.3 is 5.97 Å². The van der Waals surface area contributed by atoms with Gasteiger partial charge in [-0.05, 0) is 31.1 Å². The highest BCUT2D eigenvalue weighted by Gasteiger charge is 2.12. The number of ether oxygens (including phenoxy) is 1. The van der Waals surface area contributed by atoms with Crippen LogP contribution in [0.3, 0.4) is 0 Å². The Bertz CT molecular complexity index is 367. The van der Waals surface area contributed by atoms with Crippen LogP contribution in [0.2, 0.25) is 0 Å². The largest absolute Gasteiger partial charge is 0.453 e. The van der Waals surface area contributed by atoms with Gasteiger partial charge in [-0.15, -0.1) is 0 Å². The van der Waals surface area contributed by atoms with E-state index >= 15 is 0 Å². The molecule has 0 N–H and O–H groups in total. The minimum absolute atomic E-state index is 0.263. The zero-order chi connectivity index (χ0) is 11.3. The standard InChI is InChI=1S/C13H16O2/c1-4-7-13(15-11(3)14)12-9-6-5-8-10(12)2/h4-9,13H,1-3H3/b7-4+. The molecule has 15 heavy (non-hydrogen) atoms. The van der Waals surface area contributed by atoms with Gasteiger partial charge in [-0.3, -0.25) is 4.79 Å². The Hall–Kier alpha value is -1.57. The fourth-order valence-electron chi connectivity index (χ4n) is 1.47. The molecule has 0 heterocycles. The van der Waals surface area contributed by atoms with E-state index in [1.165, 1.54) is 6.92 Å². The van der Waals surface area contributed by atoms with Crippen LogP contribution in [0.4, 0.5) is 0 Å². The maximum Gasteiger partial charge on any atom is 0.303 e. The van der Waals surface area contributed by atoms with Gasteiger partial charge in [0.2, 0.25) is 0 Å². The van der Waals surface area contributed by atoms with Gasteiger partial charge in [0.05, 0.1) is 0 Å². The summed E-state index contributed by atoms with van der Waals surface area (Å²) in [4.78, 5) is 11.0. The summed E-state index contributed by atoms with van der Waals surface area (Å²) < 4.78 is 5.23. The number of allylic oxidation sites excluding steroid dienone is 1. The Labute approximate surface area is 90.6 Å². The first-order valence-electron chi connectivity index (χ1n) is 5.00. The molecular weight excluding hydrogens is 188 g/mol. The zero-order valence-corrected chi connectivity index (χ0v) is 9.36. The van der Waals surface area contributed by atoms with E-state index in [0.717, 1.165) is 11.1 Å². The highest BCUT2D eigenvalue weighted by Crippen LogP contribution is 2.22. The van der Waals surface area contributed by atoms with Crippen molar-refractivity contribution in [2.45, 2.75) is 26.9 Å². The summed E-state index contributed by atoms with van der Waals surface area (Å²) >= 11 is 0. The number of hydrogen-bond acceptors (Lipinski definition) is 2. The predicted octanol–water partition coefficient (Wildman–Crippen LogP) is 3.18. The summed E-state index contributed by atoms with van der Waals surface area (Å²) in [6.45, 7) is 5.35. The number of esters is 1. The quantitative estimate of drug-likeness (QED) is 0.558. The van der Waals surface area contributed by atoms with Crippen LogP contribution >= 0.6 is 0 Å². The Morgan fingerprint density at radius 2 is 2.07 bits per heavy atom. The lowest BCUT2D eigenvalue weighted by Crippen LogP contribution is -2.07. The van der Waals surface area contributed by atoms with Crippen LogP contribution in [0.1, 0.15) is 31.1 Å². The van der Waals surface area contributed by atoms with E-state index < -0.39 is 0 Å². The summed E-state index contributed by atoms with van der Waals surface area (Å²) in [5.41, 5.74) is 2.16. The smallest absolute Gasteiger partial charge is 0.303 e. The monoisotopic (exact) mass is 204 g/mol. The van der Waals surface area contributed by atoms with Gasteiger partial charge in [-0.25, -0.2) is 0 Å². The SMILES string of the molecule is C/C=C/C(OC(C)=O)c1ccccc1C. The van der Waals surface area contributed by atoms with Crippen LogP contribution in [-0.4, -0.2) is 5.97 Å². The highest BCUT2D eigenvalue weighted by molar-refractivity contribution is 5.66. The Balaban J connectivity index is 2.98. The van der Waals surface area contributed by atoms with Crippen LogP contribution in [-0.2, 0) is 9.53 Å². The molecule has 0 fully saturated rings. The Morgan fingerprint density at radius 3 is 2.60 bits per heavy atom. The van der Waals surface area contributed by atoms with Crippen molar-refractivity contribution in [1.29, 1.82) is 0 Å². The minimum Gasteiger partial charge on any atom is -0.453 e. The molecule has 0 bridgehead atoms. The topological polar surface area (TPSA) is 26.3 Å². The number of benzene rings is 1. The van der Waals surface area contributed by atoms with Gasteiger partial charge in [-0.2, -0.15) is 0 Å². The molecule has 1 aromatic carbocycles. The van der Waals surface area contributed by atoms with Gasteiger partial charge in [0.1, 0.15) is 6.10 Å². The Morgan fingerprint density at radius 1 is 1.40 bits per heavy atom. The first-order valence-corrected chi connectivity index (χ1v) is 5.00. The molecule has 0 saturated carbocycles. The van der Waals surface area contributed by atoms with Crippen molar-refractivity contribution < 1.29 is 9.53 Å². The first-order chi connectivity index (χ1) is 7.15. The molecule has 0 aliphatic rings. The molecule has 1 rings (SSSR count). The van der Waals surface area contributed by atoms with Crippen molar-refractivity contribution in [2.24, 2.45) is 0 Å². The van der Waals surface area contributed by atoms with Crippen molar-refractivity contribution in [3.63, 3.8) is 0 Å². The lowest BCUT2D eigenvalue weighted by atomic mass is 10.0. The van der Waals surface area contributed by atoms with E-state index in [2.05, 4.69) is 0 Å². The highest BCUT2D eigenvalue weighted by atomic mass is 16.5. The van der Waals surface area contributed by atoms with E-state index in [9.17, 15) is 4.79 Å². The molecule has 2 heteroatoms. The molecule has 1 aromatic rings. The fraction of sp³-hybridized carbons (Fsp3) is 0.308. The number of carbonyl (C=O) groups is 1. The van der Waals surface area contributed by atoms with Crippen LogP contribution in [0.15, 0.2) is 36.4 Å². The van der Waals surface area contributed by atoms with Crippen LogP contribution < -0.4 is 0 Å². The Kier molecular flexibility index (Phi) is 4.10. The number of hydrogen-bond donors (Lipinski definition) is 0. The number of aryl methyl sites for hydroxylation is 1. The summed E-state index contributed by atoms with van der Waals surface area (Å²) in [6, 6.07) is 7.90. The van der Waals surface area contributed by atoms with Gasteiger partial charge < -0.3 is 4.74 Å². The molecule has 0 aliphatic carbocycles. The molecule has 0 spiro atoms. The molecule has 0 aliphatic heterocycles. The third-order valence-corrected chi connectivity index (χ3v) is 2.16. The van der Waals surface area contributed by atoms with Crippen molar-refractivity contribution >= 4 is 5.97 Å². The maximum absolute atomic E-state index is 11.0. The molecule has 80 valence electrons. The van der Waals surface area contributed by atoms with E-state index in [4.69, 9.17) is 4.74 Å². The molecule has 2 nitrogen and oxygen atoms in total. The second-order valence-corrected chi connectivity index (χ2v) is 3.41. The summed E-state index contributed by atoms with van der Waals surface area (Å²) in [5, 5.41) is 0. The second kappa shape index (κ2) is 5.35. The summed E-state index contributed by atoms with van der Waals surface area (Å²) in [7, 11) is 0. The summed E-state index contributed by atoms with van der Waals surface area (Å²) in [6.07, 6.45) is 3.50. The van der Waals surface area contributed by atoms with E-state index in [0.29, 0.717) is 0 Å². The molecule has 0 amide bonds. The maximum atomic E-state index is 11.0. The molecular formula is C13H16O2. The van der Waals surface area contributed by atoms with Crippen molar-refractivity contribution in [3.05, 3.63) is 47.5 Å². The predicted molar refractivity (Wildman–Crippen MR) is 60.5 cm³/mol. The molecule has 1 atom stereocenters. The average Bonchev–Trinajstić information content (AvgIpc) is 2.17. The van der Waals surface area contributed by atoms with E-state index in [-0.39, 0.29) is 12.1 Å². The first kappa shape index (κ1) is 11.5. The van der Waals surface area contributed by atoms with Crippen molar-refractivity contribution in [1.82, 2.24) is 0 Å². The third kappa shape index (κ3) is 3.24. The lowest BCUT2D eigenvalue weighted by Gasteiger charge is -2.15. The summed E-state index contributed by atoms with van der Waals surface area (Å²) in [5.74, 6) is -0.263. The number of carbonyl (C=O) groups excluding carboxylic acids is 1. The van der Waals surface area contributed by atoms with Crippen LogP contribution in [0.5, 0.6) is 0 Å². The van der Waals surface area contributed by atoms with Gasteiger partial charge in [0, 0.05) is 6.92 Å². The van der Waals surface area contributed by atoms with Gasteiger partial charge in [-0.1, -0.05) is 30.3 Å². The van der Waals surface area contributed by atoms with Crippen molar-refractivity contribution in [3.8, 4) is 0 Å². The fourth-order valence-corrected chi connectivity index (χ4v) is 1.47. The van der Waals surface area contributed by atoms with Crippen molar-refractivity contribution in [2.75, 3.05) is 0 Å². The zero-order valence-electron chi connectivity index (χ0n) is 9.36. The van der Waals surface area contributed by atoms with Gasteiger partial charge in [0.15, 0.2) is 0 Å². The molecule has 0 aromatic heterocycles. The molecule has 0 saturated heterocycles. The molecule has 1 unspecified atom stereocenters. The van der Waals surface area contributed by atoms with Crippen LogP contribution in [0.25, 0.3) is 0 Å². The number of rotatable bonds is 3. The second-order valence-electron chi connectivity index (χ2n) is 3.41. The van der Waals surface area contributed by atoms with E-state index in [1.54, 1.807) is 0 Å². The third-order valence-electron chi connectivity index (χ3n) is 2.16. The average molecular weight is 204 g/mol. The van der Waals surface area contributed by atoms with E-state index in [1.807, 2.05) is 50.3 Å². The van der Waals surface area contributed by atoms with Crippen LogP contribution in [0, 0.1) is 6.92 Å². The molecule has 0 radical (unpaired) electrons. The lowest BCUT2D eigenvalue weighted by molar-refractivity contribution is -0.144. The minimum atomic E-state index is -0.270. The normalized spacial score (nSPS) is 12.7.